The highest BCUT2D eigenvalue weighted by molar-refractivity contribution is 6.30. The fourth-order valence-electron chi connectivity index (χ4n) is 1.78. The summed E-state index contributed by atoms with van der Waals surface area (Å²) in [6.45, 7) is 10.0. The number of benzene rings is 1. The number of nitrogens with zero attached hydrogens (tertiary/aromatic N) is 2. The zero-order chi connectivity index (χ0) is 14.9. The average Bonchev–Trinajstić information content (AvgIpc) is 2.39. The highest BCUT2D eigenvalue weighted by Crippen LogP contribution is 2.31. The van der Waals surface area contributed by atoms with Gasteiger partial charge in [-0.1, -0.05) is 37.6 Å². The van der Waals surface area contributed by atoms with E-state index >= 15 is 0 Å². The first-order chi connectivity index (χ1) is 9.40. The molecule has 2 rings (SSSR count). The summed E-state index contributed by atoms with van der Waals surface area (Å²) in [4.78, 5) is 8.77. The van der Waals surface area contributed by atoms with Crippen LogP contribution in [-0.4, -0.2) is 9.97 Å². The van der Waals surface area contributed by atoms with Crippen molar-refractivity contribution in [2.24, 2.45) is 0 Å². The Labute approximate surface area is 125 Å². The summed E-state index contributed by atoms with van der Waals surface area (Å²) < 4.78 is 5.96. The molecule has 0 fully saturated rings. The molecule has 3 nitrogen and oxygen atoms in total. The third-order valence-corrected chi connectivity index (χ3v) is 3.70. The zero-order valence-electron chi connectivity index (χ0n) is 12.5. The Kier molecular flexibility index (Phi) is 4.29. The molecule has 1 aromatic carbocycles. The minimum atomic E-state index is 0.203. The van der Waals surface area contributed by atoms with Crippen molar-refractivity contribution in [3.63, 3.8) is 0 Å². The maximum atomic E-state index is 6.17. The minimum Gasteiger partial charge on any atom is -0.438 e. The normalized spacial score (nSPS) is 10.9. The van der Waals surface area contributed by atoms with E-state index in [1.807, 2.05) is 39.8 Å². The molecule has 0 N–H and O–H groups in total. The number of halogens is 1. The molecule has 1 aromatic heterocycles. The smallest absolute Gasteiger partial charge is 0.227 e. The molecular weight excluding hydrogens is 272 g/mol. The second kappa shape index (κ2) is 5.80. The van der Waals surface area contributed by atoms with Gasteiger partial charge in [-0.3, -0.25) is 0 Å². The first kappa shape index (κ1) is 14.8. The fraction of sp³-hybridized carbons (Fsp3) is 0.375. The van der Waals surface area contributed by atoms with Gasteiger partial charge in [-0.15, -0.1) is 0 Å². The molecule has 0 unspecified atom stereocenters. The minimum absolute atomic E-state index is 0.203. The molecule has 0 saturated carbocycles. The first-order valence-electron chi connectivity index (χ1n) is 6.68. The van der Waals surface area contributed by atoms with E-state index in [1.165, 1.54) is 5.56 Å². The Hall–Kier alpha value is -1.61. The predicted molar refractivity (Wildman–Crippen MR) is 81.9 cm³/mol. The standard InChI is InChI=1S/C16H19ClN2O/c1-9(2)15-18-14(17)12(5)16(19-15)20-13-8-6-7-10(3)11(13)4/h6-9H,1-5H3. The molecule has 0 atom stereocenters. The molecule has 1 heterocycles. The van der Waals surface area contributed by atoms with Crippen LogP contribution in [-0.2, 0) is 0 Å². The van der Waals surface area contributed by atoms with Crippen molar-refractivity contribution in [2.45, 2.75) is 40.5 Å². The lowest BCUT2D eigenvalue weighted by atomic mass is 10.1. The van der Waals surface area contributed by atoms with Crippen molar-refractivity contribution in [2.75, 3.05) is 0 Å². The van der Waals surface area contributed by atoms with Crippen molar-refractivity contribution in [3.8, 4) is 11.6 Å². The summed E-state index contributed by atoms with van der Waals surface area (Å²) in [6, 6.07) is 5.97. The van der Waals surface area contributed by atoms with Crippen LogP contribution >= 0.6 is 11.6 Å². The second-order valence-corrected chi connectivity index (χ2v) is 5.62. The number of aryl methyl sites for hydroxylation is 1. The van der Waals surface area contributed by atoms with Gasteiger partial charge in [0, 0.05) is 11.5 Å². The maximum Gasteiger partial charge on any atom is 0.227 e. The van der Waals surface area contributed by atoms with Crippen LogP contribution in [0.25, 0.3) is 0 Å². The lowest BCUT2D eigenvalue weighted by Crippen LogP contribution is -2.03. The van der Waals surface area contributed by atoms with Crippen LogP contribution in [0.4, 0.5) is 0 Å². The van der Waals surface area contributed by atoms with Crippen molar-refractivity contribution in [3.05, 3.63) is 45.9 Å². The monoisotopic (exact) mass is 290 g/mol. The SMILES string of the molecule is Cc1cccc(Oc2nc(C(C)C)nc(Cl)c2C)c1C. The van der Waals surface area contributed by atoms with Gasteiger partial charge >= 0.3 is 0 Å². The molecule has 0 saturated heterocycles. The lowest BCUT2D eigenvalue weighted by molar-refractivity contribution is 0.449. The Balaban J connectivity index is 2.45. The van der Waals surface area contributed by atoms with Crippen LogP contribution in [0.2, 0.25) is 5.15 Å². The number of rotatable bonds is 3. The predicted octanol–water partition coefficient (Wildman–Crippen LogP) is 4.97. The van der Waals surface area contributed by atoms with E-state index in [4.69, 9.17) is 16.3 Å². The van der Waals surface area contributed by atoms with Crippen LogP contribution in [0, 0.1) is 20.8 Å². The van der Waals surface area contributed by atoms with E-state index in [9.17, 15) is 0 Å². The van der Waals surface area contributed by atoms with E-state index in [-0.39, 0.29) is 5.92 Å². The molecule has 0 bridgehead atoms. The van der Waals surface area contributed by atoms with Crippen LogP contribution < -0.4 is 4.74 Å². The van der Waals surface area contributed by atoms with Crippen LogP contribution in [0.1, 0.15) is 42.3 Å². The average molecular weight is 291 g/mol. The second-order valence-electron chi connectivity index (χ2n) is 5.26. The molecule has 0 aliphatic carbocycles. The molecule has 0 aliphatic heterocycles. The van der Waals surface area contributed by atoms with Gasteiger partial charge in [0.15, 0.2) is 0 Å². The van der Waals surface area contributed by atoms with Crippen LogP contribution in [0.15, 0.2) is 18.2 Å². The van der Waals surface area contributed by atoms with Gasteiger partial charge < -0.3 is 4.74 Å². The molecule has 106 valence electrons. The van der Waals surface area contributed by atoms with Crippen LogP contribution in [0.5, 0.6) is 11.6 Å². The van der Waals surface area contributed by atoms with Crippen molar-refractivity contribution in [1.29, 1.82) is 0 Å². The van der Waals surface area contributed by atoms with Gasteiger partial charge in [0.25, 0.3) is 0 Å². The van der Waals surface area contributed by atoms with Gasteiger partial charge in [-0.2, -0.15) is 4.98 Å². The van der Waals surface area contributed by atoms with Crippen molar-refractivity contribution >= 4 is 11.6 Å². The zero-order valence-corrected chi connectivity index (χ0v) is 13.2. The van der Waals surface area contributed by atoms with Gasteiger partial charge in [0.2, 0.25) is 5.88 Å². The summed E-state index contributed by atoms with van der Waals surface area (Å²) in [7, 11) is 0. The first-order valence-corrected chi connectivity index (χ1v) is 7.06. The van der Waals surface area contributed by atoms with E-state index in [0.29, 0.717) is 16.9 Å². The maximum absolute atomic E-state index is 6.17. The topological polar surface area (TPSA) is 35.0 Å². The molecule has 0 aliphatic rings. The molecule has 0 radical (unpaired) electrons. The van der Waals surface area contributed by atoms with E-state index in [0.717, 1.165) is 16.9 Å². The Morgan fingerprint density at radius 1 is 1.05 bits per heavy atom. The third-order valence-electron chi connectivity index (χ3n) is 3.34. The summed E-state index contributed by atoms with van der Waals surface area (Å²) in [5.74, 6) is 2.23. The van der Waals surface area contributed by atoms with Gasteiger partial charge in [-0.25, -0.2) is 4.98 Å². The van der Waals surface area contributed by atoms with E-state index in [1.54, 1.807) is 0 Å². The molecule has 0 amide bonds. The summed E-state index contributed by atoms with van der Waals surface area (Å²) >= 11 is 6.17. The largest absolute Gasteiger partial charge is 0.438 e. The summed E-state index contributed by atoms with van der Waals surface area (Å²) in [6.07, 6.45) is 0. The highest BCUT2D eigenvalue weighted by Gasteiger charge is 2.14. The van der Waals surface area contributed by atoms with Gasteiger partial charge in [0.1, 0.15) is 16.7 Å². The van der Waals surface area contributed by atoms with E-state index in [2.05, 4.69) is 23.0 Å². The van der Waals surface area contributed by atoms with Gasteiger partial charge in [0.05, 0.1) is 0 Å². The number of aromatic nitrogens is 2. The van der Waals surface area contributed by atoms with Crippen molar-refractivity contribution in [1.82, 2.24) is 9.97 Å². The molecule has 2 aromatic rings. The summed E-state index contributed by atoms with van der Waals surface area (Å²) in [5, 5.41) is 0.448. The molecular formula is C16H19ClN2O. The number of hydrogen-bond donors (Lipinski definition) is 0. The number of ether oxygens (including phenoxy) is 1. The van der Waals surface area contributed by atoms with Gasteiger partial charge in [-0.05, 0) is 38.0 Å². The summed E-state index contributed by atoms with van der Waals surface area (Å²) in [5.41, 5.74) is 3.05. The Bertz CT molecular complexity index is 639. The Morgan fingerprint density at radius 3 is 2.40 bits per heavy atom. The quantitative estimate of drug-likeness (QED) is 0.749. The van der Waals surface area contributed by atoms with E-state index < -0.39 is 0 Å². The molecule has 0 spiro atoms. The third kappa shape index (κ3) is 2.93. The highest BCUT2D eigenvalue weighted by atomic mass is 35.5. The lowest BCUT2D eigenvalue weighted by Gasteiger charge is -2.14. The fourth-order valence-corrected chi connectivity index (χ4v) is 1.95. The Morgan fingerprint density at radius 2 is 1.75 bits per heavy atom. The molecule has 4 heteroatoms. The number of hydrogen-bond acceptors (Lipinski definition) is 3. The van der Waals surface area contributed by atoms with Crippen LogP contribution in [0.3, 0.4) is 0 Å². The molecule has 20 heavy (non-hydrogen) atoms. The van der Waals surface area contributed by atoms with Crippen molar-refractivity contribution < 1.29 is 4.74 Å².